The molecule has 3 heteroatoms. The van der Waals surface area contributed by atoms with E-state index in [4.69, 9.17) is 0 Å². The molecule has 3 nitrogen and oxygen atoms in total. The molecule has 14 heavy (non-hydrogen) atoms. The highest BCUT2D eigenvalue weighted by Crippen LogP contribution is 2.33. The van der Waals surface area contributed by atoms with Crippen molar-refractivity contribution in [3.8, 4) is 0 Å². The fourth-order valence-electron chi connectivity index (χ4n) is 2.82. The SMILES string of the molecule is CCNC(=O)[C@@H]1C[C@@H]2CCCC[C@@H]2N1. The van der Waals surface area contributed by atoms with E-state index in [0.29, 0.717) is 6.04 Å². The van der Waals surface area contributed by atoms with E-state index in [9.17, 15) is 4.79 Å². The van der Waals surface area contributed by atoms with Gasteiger partial charge in [0.15, 0.2) is 0 Å². The number of amides is 1. The molecule has 1 saturated carbocycles. The van der Waals surface area contributed by atoms with E-state index in [-0.39, 0.29) is 11.9 Å². The van der Waals surface area contributed by atoms with Crippen molar-refractivity contribution in [3.05, 3.63) is 0 Å². The molecule has 0 bridgehead atoms. The molecule has 80 valence electrons. The summed E-state index contributed by atoms with van der Waals surface area (Å²) in [6, 6.07) is 0.708. The third-order valence-electron chi connectivity index (χ3n) is 3.53. The van der Waals surface area contributed by atoms with Crippen LogP contribution in [0.25, 0.3) is 0 Å². The van der Waals surface area contributed by atoms with Crippen molar-refractivity contribution >= 4 is 5.91 Å². The molecule has 2 N–H and O–H groups in total. The highest BCUT2D eigenvalue weighted by atomic mass is 16.2. The summed E-state index contributed by atoms with van der Waals surface area (Å²) in [4.78, 5) is 11.6. The Hall–Kier alpha value is -0.570. The molecular weight excluding hydrogens is 176 g/mol. The maximum atomic E-state index is 11.6. The molecule has 1 aliphatic heterocycles. The molecular formula is C11H20N2O. The molecule has 2 rings (SSSR count). The topological polar surface area (TPSA) is 41.1 Å². The smallest absolute Gasteiger partial charge is 0.237 e. The van der Waals surface area contributed by atoms with Crippen LogP contribution in [0.1, 0.15) is 39.0 Å². The molecule has 1 aliphatic carbocycles. The number of rotatable bonds is 2. The number of fused-ring (bicyclic) bond motifs is 1. The van der Waals surface area contributed by atoms with Gasteiger partial charge in [-0.05, 0) is 32.1 Å². The predicted molar refractivity (Wildman–Crippen MR) is 56.0 cm³/mol. The molecule has 0 unspecified atom stereocenters. The van der Waals surface area contributed by atoms with Crippen LogP contribution < -0.4 is 10.6 Å². The van der Waals surface area contributed by atoms with Gasteiger partial charge in [-0.15, -0.1) is 0 Å². The lowest BCUT2D eigenvalue weighted by molar-refractivity contribution is -0.122. The lowest BCUT2D eigenvalue weighted by Crippen LogP contribution is -2.43. The summed E-state index contributed by atoms with van der Waals surface area (Å²) in [5, 5.41) is 6.36. The average molecular weight is 196 g/mol. The summed E-state index contributed by atoms with van der Waals surface area (Å²) < 4.78 is 0. The van der Waals surface area contributed by atoms with Crippen LogP contribution in [-0.4, -0.2) is 24.5 Å². The van der Waals surface area contributed by atoms with E-state index >= 15 is 0 Å². The second-order valence-corrected chi connectivity index (χ2v) is 4.50. The molecule has 0 aromatic rings. The minimum absolute atomic E-state index is 0.0862. The molecule has 1 saturated heterocycles. The quantitative estimate of drug-likeness (QED) is 0.693. The number of likely N-dealkylation sites (N-methyl/N-ethyl adjacent to an activating group) is 1. The van der Waals surface area contributed by atoms with Crippen LogP contribution in [-0.2, 0) is 4.79 Å². The van der Waals surface area contributed by atoms with E-state index in [0.717, 1.165) is 18.9 Å². The van der Waals surface area contributed by atoms with Crippen molar-refractivity contribution in [2.45, 2.75) is 51.1 Å². The minimum Gasteiger partial charge on any atom is -0.355 e. The zero-order valence-electron chi connectivity index (χ0n) is 8.88. The van der Waals surface area contributed by atoms with Gasteiger partial charge < -0.3 is 10.6 Å². The van der Waals surface area contributed by atoms with Crippen molar-refractivity contribution < 1.29 is 4.79 Å². The Balaban J connectivity index is 1.89. The average Bonchev–Trinajstić information content (AvgIpc) is 2.61. The largest absolute Gasteiger partial charge is 0.355 e. The second-order valence-electron chi connectivity index (χ2n) is 4.50. The third-order valence-corrected chi connectivity index (χ3v) is 3.53. The van der Waals surface area contributed by atoms with Crippen molar-refractivity contribution in [2.75, 3.05) is 6.54 Å². The standard InChI is InChI=1S/C11H20N2O/c1-2-12-11(14)10-7-8-5-3-4-6-9(8)13-10/h8-10,13H,2-7H2,1H3,(H,12,14)/t8-,9-,10-/m0/s1. The zero-order chi connectivity index (χ0) is 9.97. The van der Waals surface area contributed by atoms with Crippen molar-refractivity contribution in [1.29, 1.82) is 0 Å². The van der Waals surface area contributed by atoms with Crippen LogP contribution in [0.3, 0.4) is 0 Å². The lowest BCUT2D eigenvalue weighted by atomic mass is 9.85. The van der Waals surface area contributed by atoms with Crippen molar-refractivity contribution in [3.63, 3.8) is 0 Å². The Morgan fingerprint density at radius 3 is 2.93 bits per heavy atom. The Kier molecular flexibility index (Phi) is 3.06. The lowest BCUT2D eigenvalue weighted by Gasteiger charge is -2.24. The molecule has 0 radical (unpaired) electrons. The summed E-state index contributed by atoms with van der Waals surface area (Å²) in [6.45, 7) is 2.71. The molecule has 0 aromatic heterocycles. The number of hydrogen-bond acceptors (Lipinski definition) is 2. The summed E-state index contributed by atoms with van der Waals surface area (Å²) >= 11 is 0. The van der Waals surface area contributed by atoms with E-state index < -0.39 is 0 Å². The molecule has 2 aliphatic rings. The Labute approximate surface area is 85.6 Å². The molecule has 0 aromatic carbocycles. The number of hydrogen-bond donors (Lipinski definition) is 2. The van der Waals surface area contributed by atoms with Gasteiger partial charge in [0.25, 0.3) is 0 Å². The maximum absolute atomic E-state index is 11.6. The molecule has 1 amide bonds. The van der Waals surface area contributed by atoms with Crippen LogP contribution in [0.4, 0.5) is 0 Å². The van der Waals surface area contributed by atoms with Crippen molar-refractivity contribution in [2.24, 2.45) is 5.92 Å². The molecule has 3 atom stereocenters. The van der Waals surface area contributed by atoms with E-state index in [1.54, 1.807) is 0 Å². The summed E-state index contributed by atoms with van der Waals surface area (Å²) in [5.74, 6) is 0.957. The van der Waals surface area contributed by atoms with Crippen LogP contribution in [0.5, 0.6) is 0 Å². The van der Waals surface area contributed by atoms with E-state index in [1.807, 2.05) is 6.92 Å². The first-order valence-electron chi connectivity index (χ1n) is 5.85. The molecule has 1 heterocycles. The van der Waals surface area contributed by atoms with Gasteiger partial charge in [0.05, 0.1) is 6.04 Å². The molecule has 2 fully saturated rings. The Morgan fingerprint density at radius 2 is 2.21 bits per heavy atom. The monoisotopic (exact) mass is 196 g/mol. The van der Waals surface area contributed by atoms with Gasteiger partial charge in [-0.3, -0.25) is 4.79 Å². The van der Waals surface area contributed by atoms with Crippen LogP contribution in [0.15, 0.2) is 0 Å². The maximum Gasteiger partial charge on any atom is 0.237 e. The van der Waals surface area contributed by atoms with Crippen LogP contribution in [0, 0.1) is 5.92 Å². The molecule has 0 spiro atoms. The normalized spacial score (nSPS) is 36.5. The van der Waals surface area contributed by atoms with Gasteiger partial charge in [-0.2, -0.15) is 0 Å². The summed E-state index contributed by atoms with van der Waals surface area (Å²) in [5.41, 5.74) is 0. The van der Waals surface area contributed by atoms with Crippen molar-refractivity contribution in [1.82, 2.24) is 10.6 Å². The Bertz CT molecular complexity index is 203. The van der Waals surface area contributed by atoms with Crippen LogP contribution in [0.2, 0.25) is 0 Å². The van der Waals surface area contributed by atoms with Gasteiger partial charge in [-0.1, -0.05) is 12.8 Å². The summed E-state index contributed by atoms with van der Waals surface area (Å²) in [6.07, 6.45) is 6.31. The summed E-state index contributed by atoms with van der Waals surface area (Å²) in [7, 11) is 0. The minimum atomic E-state index is 0.0862. The predicted octanol–water partition coefficient (Wildman–Crippen LogP) is 1.04. The fraction of sp³-hybridized carbons (Fsp3) is 0.909. The highest BCUT2D eigenvalue weighted by Gasteiger charge is 2.37. The fourth-order valence-corrected chi connectivity index (χ4v) is 2.82. The van der Waals surface area contributed by atoms with Gasteiger partial charge in [0, 0.05) is 12.6 Å². The Morgan fingerprint density at radius 1 is 1.43 bits per heavy atom. The number of nitrogens with one attached hydrogen (secondary N) is 2. The number of carbonyl (C=O) groups excluding carboxylic acids is 1. The second kappa shape index (κ2) is 4.30. The van der Waals surface area contributed by atoms with Gasteiger partial charge in [0.1, 0.15) is 0 Å². The first-order valence-corrected chi connectivity index (χ1v) is 5.85. The van der Waals surface area contributed by atoms with Gasteiger partial charge in [-0.25, -0.2) is 0 Å². The first-order chi connectivity index (χ1) is 6.81. The van der Waals surface area contributed by atoms with Gasteiger partial charge in [0.2, 0.25) is 5.91 Å². The number of carbonyl (C=O) groups is 1. The zero-order valence-corrected chi connectivity index (χ0v) is 8.88. The first kappa shape index (κ1) is 9.97. The van der Waals surface area contributed by atoms with E-state index in [1.165, 1.54) is 25.7 Å². The third kappa shape index (κ3) is 1.92. The highest BCUT2D eigenvalue weighted by molar-refractivity contribution is 5.82. The van der Waals surface area contributed by atoms with Gasteiger partial charge >= 0.3 is 0 Å². The van der Waals surface area contributed by atoms with E-state index in [2.05, 4.69) is 10.6 Å². The van der Waals surface area contributed by atoms with Crippen LogP contribution >= 0.6 is 0 Å².